The van der Waals surface area contributed by atoms with Crippen LogP contribution < -0.4 is 0 Å². The van der Waals surface area contributed by atoms with Crippen LogP contribution in [0.3, 0.4) is 0 Å². The van der Waals surface area contributed by atoms with E-state index in [1.54, 1.807) is 6.92 Å². The van der Waals surface area contributed by atoms with Crippen molar-refractivity contribution in [2.75, 3.05) is 7.11 Å². The highest BCUT2D eigenvalue weighted by Crippen LogP contribution is 2.89. The topological polar surface area (TPSA) is 35.5 Å². The van der Waals surface area contributed by atoms with Crippen molar-refractivity contribution in [3.05, 3.63) is 11.6 Å². The maximum absolute atomic E-state index is 12.0. The second kappa shape index (κ2) is 8.59. The summed E-state index contributed by atoms with van der Waals surface area (Å²) in [5, 5.41) is 0. The van der Waals surface area contributed by atoms with Crippen LogP contribution in [0.4, 0.5) is 0 Å². The molecule has 5 fully saturated rings. The number of hydrogen-bond acceptors (Lipinski definition) is 3. The van der Waals surface area contributed by atoms with Gasteiger partial charge in [0.25, 0.3) is 0 Å². The molecule has 3 heteroatoms. The highest BCUT2D eigenvalue weighted by Gasteiger charge is 2.84. The van der Waals surface area contributed by atoms with Crippen LogP contribution in [0, 0.1) is 50.7 Å². The van der Waals surface area contributed by atoms with E-state index in [4.69, 9.17) is 9.47 Å². The smallest absolute Gasteiger partial charge is 0.302 e. The van der Waals surface area contributed by atoms with Crippen LogP contribution in [0.25, 0.3) is 0 Å². The fourth-order valence-corrected chi connectivity index (χ4v) is 11.8. The van der Waals surface area contributed by atoms with Crippen molar-refractivity contribution in [1.29, 1.82) is 0 Å². The average molecular weight is 499 g/mol. The molecule has 0 aromatic heterocycles. The van der Waals surface area contributed by atoms with Crippen LogP contribution >= 0.6 is 0 Å². The molecular weight excluding hydrogens is 444 g/mol. The summed E-state index contributed by atoms with van der Waals surface area (Å²) in [4.78, 5) is 12.0. The van der Waals surface area contributed by atoms with Crippen LogP contribution in [0.1, 0.15) is 120 Å². The van der Waals surface area contributed by atoms with Gasteiger partial charge < -0.3 is 9.47 Å². The summed E-state index contributed by atoms with van der Waals surface area (Å²) in [6.07, 6.45) is 15.7. The van der Waals surface area contributed by atoms with E-state index in [2.05, 4.69) is 54.5 Å². The summed E-state index contributed by atoms with van der Waals surface area (Å²) in [6, 6.07) is 0. The first-order valence-electron chi connectivity index (χ1n) is 15.1. The lowest BCUT2D eigenvalue weighted by molar-refractivity contribution is -0.212. The summed E-state index contributed by atoms with van der Waals surface area (Å²) in [7, 11) is 1.95. The molecule has 10 atom stereocenters. The Morgan fingerprint density at radius 3 is 2.33 bits per heavy atom. The van der Waals surface area contributed by atoms with Crippen molar-refractivity contribution in [2.24, 2.45) is 50.7 Å². The molecule has 0 aromatic carbocycles. The highest BCUT2D eigenvalue weighted by molar-refractivity contribution is 5.66. The lowest BCUT2D eigenvalue weighted by Crippen LogP contribution is -2.62. The first kappa shape index (κ1) is 26.8. The molecule has 0 aromatic rings. The molecule has 0 heterocycles. The third kappa shape index (κ3) is 3.42. The lowest BCUT2D eigenvalue weighted by Gasteiger charge is -2.64. The van der Waals surface area contributed by atoms with Gasteiger partial charge in [-0.25, -0.2) is 0 Å². The van der Waals surface area contributed by atoms with Crippen LogP contribution in [0.5, 0.6) is 0 Å². The number of carbonyl (C=O) groups is 1. The first-order chi connectivity index (χ1) is 16.8. The van der Waals surface area contributed by atoms with Gasteiger partial charge in [-0.15, -0.1) is 0 Å². The molecule has 10 unspecified atom stereocenters. The minimum Gasteiger partial charge on any atom is -0.462 e. The van der Waals surface area contributed by atoms with E-state index < -0.39 is 0 Å². The number of rotatable bonds is 6. The maximum Gasteiger partial charge on any atom is 0.302 e. The largest absolute Gasteiger partial charge is 0.462 e. The third-order valence-electron chi connectivity index (χ3n) is 13.5. The SMILES string of the molecule is COC1CC2C3(C)CCC(C(C)CCC=C(C)C)C3(C)CCC23CC32CCC(OC(C)=O)C(C)(C)C12. The van der Waals surface area contributed by atoms with E-state index >= 15 is 0 Å². The van der Waals surface area contributed by atoms with Gasteiger partial charge in [0.15, 0.2) is 0 Å². The molecule has 0 aliphatic heterocycles. The molecule has 5 saturated carbocycles. The quantitative estimate of drug-likeness (QED) is 0.272. The maximum atomic E-state index is 12.0. The van der Waals surface area contributed by atoms with Gasteiger partial charge >= 0.3 is 5.97 Å². The summed E-state index contributed by atoms with van der Waals surface area (Å²) < 4.78 is 12.4. The van der Waals surface area contributed by atoms with Crippen LogP contribution in [0.15, 0.2) is 11.6 Å². The second-order valence-electron chi connectivity index (χ2n) is 15.3. The highest BCUT2D eigenvalue weighted by atomic mass is 16.5. The summed E-state index contributed by atoms with van der Waals surface area (Å²) >= 11 is 0. The fourth-order valence-electron chi connectivity index (χ4n) is 11.8. The molecule has 5 aliphatic carbocycles. The molecule has 2 spiro atoms. The third-order valence-corrected chi connectivity index (χ3v) is 13.5. The zero-order valence-corrected chi connectivity index (χ0v) is 24.8. The molecule has 36 heavy (non-hydrogen) atoms. The first-order valence-corrected chi connectivity index (χ1v) is 15.1. The number of fused-ring (bicyclic) bond motifs is 2. The number of allylic oxidation sites excluding steroid dienone is 2. The second-order valence-corrected chi connectivity index (χ2v) is 15.3. The standard InChI is InChI=1S/C33H54O3/c1-21(2)11-10-12-22(3)24-13-15-31(8)26-19-25(35-9)28-29(5,6)27(36-23(4)34)14-16-33(28)20-32(26,33)18-17-30(24,31)7/h11,22,24-28H,10,12-20H2,1-9H3. The van der Waals surface area contributed by atoms with Crippen molar-refractivity contribution in [2.45, 2.75) is 132 Å². The van der Waals surface area contributed by atoms with Crippen LogP contribution in [0.2, 0.25) is 0 Å². The van der Waals surface area contributed by atoms with E-state index in [9.17, 15) is 4.79 Å². The van der Waals surface area contributed by atoms with Crippen LogP contribution in [-0.2, 0) is 14.3 Å². The monoisotopic (exact) mass is 498 g/mol. The molecule has 204 valence electrons. The Hall–Kier alpha value is -0.830. The molecule has 0 saturated heterocycles. The van der Waals surface area contributed by atoms with Gasteiger partial charge in [0.1, 0.15) is 6.10 Å². The summed E-state index contributed by atoms with van der Waals surface area (Å²) in [5.41, 5.74) is 3.12. The van der Waals surface area contributed by atoms with Gasteiger partial charge in [0, 0.05) is 19.4 Å². The molecule has 0 amide bonds. The van der Waals surface area contributed by atoms with E-state index in [0.29, 0.717) is 27.6 Å². The predicted octanol–water partition coefficient (Wildman–Crippen LogP) is 8.36. The van der Waals surface area contributed by atoms with Crippen molar-refractivity contribution in [1.82, 2.24) is 0 Å². The van der Waals surface area contributed by atoms with Crippen molar-refractivity contribution in [3.8, 4) is 0 Å². The zero-order valence-electron chi connectivity index (χ0n) is 24.8. The minimum atomic E-state index is -0.131. The molecule has 0 bridgehead atoms. The average Bonchev–Trinajstić information content (AvgIpc) is 3.36. The summed E-state index contributed by atoms with van der Waals surface area (Å²) in [5.74, 6) is 2.75. The zero-order chi connectivity index (χ0) is 26.3. The van der Waals surface area contributed by atoms with E-state index in [1.165, 1.54) is 63.4 Å². The Morgan fingerprint density at radius 1 is 0.972 bits per heavy atom. The number of methoxy groups -OCH3 is 1. The molecule has 0 N–H and O–H groups in total. The number of carbonyl (C=O) groups excluding carboxylic acids is 1. The van der Waals surface area contributed by atoms with Gasteiger partial charge in [-0.05, 0) is 123 Å². The van der Waals surface area contributed by atoms with Crippen LogP contribution in [-0.4, -0.2) is 25.3 Å². The van der Waals surface area contributed by atoms with Gasteiger partial charge in [0.2, 0.25) is 0 Å². The van der Waals surface area contributed by atoms with E-state index in [-0.39, 0.29) is 23.6 Å². The van der Waals surface area contributed by atoms with Gasteiger partial charge in [0.05, 0.1) is 6.10 Å². The summed E-state index contributed by atoms with van der Waals surface area (Å²) in [6.45, 7) is 18.7. The van der Waals surface area contributed by atoms with Gasteiger partial charge in [-0.2, -0.15) is 0 Å². The molecule has 5 aliphatic rings. The normalized spacial score (nSPS) is 49.1. The van der Waals surface area contributed by atoms with Crippen molar-refractivity contribution < 1.29 is 14.3 Å². The fraction of sp³-hybridized carbons (Fsp3) is 0.909. The van der Waals surface area contributed by atoms with Gasteiger partial charge in [-0.1, -0.05) is 46.3 Å². The van der Waals surface area contributed by atoms with Crippen molar-refractivity contribution in [3.63, 3.8) is 0 Å². The Balaban J connectivity index is 1.44. The van der Waals surface area contributed by atoms with Crippen molar-refractivity contribution >= 4 is 5.97 Å². The molecular formula is C33H54O3. The Labute approximate surface area is 221 Å². The molecule has 5 rings (SSSR count). The Kier molecular flexibility index (Phi) is 6.38. The lowest BCUT2D eigenvalue weighted by atomic mass is 9.41. The number of ether oxygens (including phenoxy) is 2. The van der Waals surface area contributed by atoms with Gasteiger partial charge in [-0.3, -0.25) is 4.79 Å². The minimum absolute atomic E-state index is 0.0134. The van der Waals surface area contributed by atoms with E-state index in [0.717, 1.165) is 24.2 Å². The van der Waals surface area contributed by atoms with E-state index in [1.807, 2.05) is 7.11 Å². The Morgan fingerprint density at radius 2 is 1.69 bits per heavy atom. The molecule has 3 nitrogen and oxygen atoms in total. The number of hydrogen-bond donors (Lipinski definition) is 0. The molecule has 0 radical (unpaired) electrons. The predicted molar refractivity (Wildman–Crippen MR) is 146 cm³/mol. The number of esters is 1. The Bertz CT molecular complexity index is 916.